The number of aromatic nitrogens is 1. The molecule has 0 bridgehead atoms. The van der Waals surface area contributed by atoms with Gasteiger partial charge in [-0.2, -0.15) is 0 Å². The summed E-state index contributed by atoms with van der Waals surface area (Å²) < 4.78 is 11.7. The van der Waals surface area contributed by atoms with E-state index in [1.165, 1.54) is 5.56 Å². The van der Waals surface area contributed by atoms with Crippen molar-refractivity contribution in [3.05, 3.63) is 89.7 Å². The van der Waals surface area contributed by atoms with E-state index in [9.17, 15) is 4.79 Å². The van der Waals surface area contributed by atoms with E-state index in [0.717, 1.165) is 24.9 Å². The fraction of sp³-hybridized carbons (Fsp3) is 0.280. The van der Waals surface area contributed by atoms with Gasteiger partial charge in [-0.05, 0) is 49.6 Å². The summed E-state index contributed by atoms with van der Waals surface area (Å²) in [5.41, 5.74) is 2.78. The summed E-state index contributed by atoms with van der Waals surface area (Å²) in [4.78, 5) is 19.4. The molecule has 2 aromatic carbocycles. The first-order valence-electron chi connectivity index (χ1n) is 10.4. The molecular weight excluding hydrogens is 376 g/mol. The van der Waals surface area contributed by atoms with Crippen LogP contribution in [-0.4, -0.2) is 28.9 Å². The van der Waals surface area contributed by atoms with E-state index in [1.54, 1.807) is 18.5 Å². The number of amides is 1. The molecule has 5 heteroatoms. The third-order valence-corrected chi connectivity index (χ3v) is 5.31. The van der Waals surface area contributed by atoms with Crippen LogP contribution >= 0.6 is 0 Å². The van der Waals surface area contributed by atoms with Crippen LogP contribution in [-0.2, 0) is 6.61 Å². The number of rotatable bonds is 7. The molecule has 1 fully saturated rings. The maximum Gasteiger partial charge on any atom is 0.254 e. The molecule has 1 atom stereocenters. The lowest BCUT2D eigenvalue weighted by atomic mass is 10.0. The van der Waals surface area contributed by atoms with Crippen LogP contribution in [0.3, 0.4) is 0 Å². The van der Waals surface area contributed by atoms with Crippen molar-refractivity contribution in [2.24, 2.45) is 0 Å². The van der Waals surface area contributed by atoms with Gasteiger partial charge >= 0.3 is 0 Å². The van der Waals surface area contributed by atoms with Gasteiger partial charge in [-0.15, -0.1) is 0 Å². The highest BCUT2D eigenvalue weighted by atomic mass is 16.5. The largest absolute Gasteiger partial charge is 0.490 e. The minimum absolute atomic E-state index is 0.0288. The molecule has 1 aliphatic rings. The van der Waals surface area contributed by atoms with Crippen molar-refractivity contribution in [2.75, 3.05) is 13.2 Å². The van der Waals surface area contributed by atoms with Crippen LogP contribution in [0.15, 0.2) is 73.1 Å². The monoisotopic (exact) mass is 402 g/mol. The Morgan fingerprint density at radius 2 is 1.93 bits per heavy atom. The van der Waals surface area contributed by atoms with E-state index < -0.39 is 0 Å². The van der Waals surface area contributed by atoms with Gasteiger partial charge in [0, 0.05) is 30.1 Å². The molecule has 30 heavy (non-hydrogen) atoms. The maximum absolute atomic E-state index is 13.3. The van der Waals surface area contributed by atoms with Crippen LogP contribution in [0.5, 0.6) is 11.5 Å². The van der Waals surface area contributed by atoms with E-state index in [0.29, 0.717) is 30.3 Å². The molecule has 1 amide bonds. The predicted octanol–water partition coefficient (Wildman–Crippen LogP) is 5.04. The highest BCUT2D eigenvalue weighted by Gasteiger charge is 2.30. The van der Waals surface area contributed by atoms with E-state index >= 15 is 0 Å². The van der Waals surface area contributed by atoms with Gasteiger partial charge in [0.1, 0.15) is 6.61 Å². The highest BCUT2D eigenvalue weighted by Crippen LogP contribution is 2.35. The average Bonchev–Trinajstić information content (AvgIpc) is 3.29. The Balaban J connectivity index is 1.53. The van der Waals surface area contributed by atoms with Crippen LogP contribution in [0.4, 0.5) is 0 Å². The molecular formula is C25H26N2O3. The number of nitrogens with zero attached hydrogens (tertiary/aromatic N) is 2. The quantitative estimate of drug-likeness (QED) is 0.556. The zero-order valence-corrected chi connectivity index (χ0v) is 17.2. The first-order valence-corrected chi connectivity index (χ1v) is 10.4. The molecule has 154 valence electrons. The summed E-state index contributed by atoms with van der Waals surface area (Å²) in [5, 5.41) is 0. The van der Waals surface area contributed by atoms with Gasteiger partial charge in [0.25, 0.3) is 5.91 Å². The second-order valence-corrected chi connectivity index (χ2v) is 7.31. The van der Waals surface area contributed by atoms with Crippen LogP contribution in [0.1, 0.15) is 47.3 Å². The summed E-state index contributed by atoms with van der Waals surface area (Å²) >= 11 is 0. The van der Waals surface area contributed by atoms with E-state index in [-0.39, 0.29) is 11.9 Å². The van der Waals surface area contributed by atoms with Crippen molar-refractivity contribution in [3.63, 3.8) is 0 Å². The van der Waals surface area contributed by atoms with Gasteiger partial charge in [0.2, 0.25) is 0 Å². The Labute approximate surface area is 177 Å². The minimum Gasteiger partial charge on any atom is -0.490 e. The zero-order chi connectivity index (χ0) is 20.8. The predicted molar refractivity (Wildman–Crippen MR) is 116 cm³/mol. The summed E-state index contributed by atoms with van der Waals surface area (Å²) in [6, 6.07) is 19.6. The van der Waals surface area contributed by atoms with Gasteiger partial charge in [-0.1, -0.05) is 36.4 Å². The van der Waals surface area contributed by atoms with Gasteiger partial charge in [-0.25, -0.2) is 0 Å². The van der Waals surface area contributed by atoms with Crippen molar-refractivity contribution in [1.29, 1.82) is 0 Å². The second-order valence-electron chi connectivity index (χ2n) is 7.31. The topological polar surface area (TPSA) is 51.7 Å². The lowest BCUT2D eigenvalue weighted by Gasteiger charge is -2.25. The number of benzene rings is 2. The molecule has 1 aromatic heterocycles. The number of pyridine rings is 1. The molecule has 0 saturated carbocycles. The Hall–Kier alpha value is -3.34. The molecule has 0 aliphatic carbocycles. The normalized spacial score (nSPS) is 15.8. The van der Waals surface area contributed by atoms with Crippen LogP contribution in [0, 0.1) is 0 Å². The van der Waals surface area contributed by atoms with Crippen LogP contribution in [0.2, 0.25) is 0 Å². The lowest BCUT2D eigenvalue weighted by Crippen LogP contribution is -2.30. The number of carbonyl (C=O) groups is 1. The van der Waals surface area contributed by atoms with Crippen LogP contribution in [0.25, 0.3) is 0 Å². The second kappa shape index (κ2) is 9.44. The SMILES string of the molecule is CCOc1cc(C(=O)N2CCC[C@H]2c2ccccc2)ccc1OCc1cccnc1. The Morgan fingerprint density at radius 1 is 1.07 bits per heavy atom. The average molecular weight is 402 g/mol. The Morgan fingerprint density at radius 3 is 2.70 bits per heavy atom. The first-order chi connectivity index (χ1) is 14.8. The van der Waals surface area contributed by atoms with Gasteiger partial charge < -0.3 is 14.4 Å². The van der Waals surface area contributed by atoms with Gasteiger partial charge in [-0.3, -0.25) is 9.78 Å². The fourth-order valence-electron chi connectivity index (χ4n) is 3.87. The summed E-state index contributed by atoms with van der Waals surface area (Å²) in [7, 11) is 0. The first kappa shape index (κ1) is 20.0. The molecule has 0 spiro atoms. The fourth-order valence-corrected chi connectivity index (χ4v) is 3.87. The molecule has 5 nitrogen and oxygen atoms in total. The number of ether oxygens (including phenoxy) is 2. The number of likely N-dealkylation sites (tertiary alicyclic amines) is 1. The molecule has 2 heterocycles. The van der Waals surface area contributed by atoms with Gasteiger partial charge in [0.05, 0.1) is 12.6 Å². The molecule has 0 N–H and O–H groups in total. The molecule has 4 rings (SSSR count). The number of carbonyl (C=O) groups excluding carboxylic acids is 1. The Kier molecular flexibility index (Phi) is 6.28. The smallest absolute Gasteiger partial charge is 0.254 e. The van der Waals surface area contributed by atoms with E-state index in [1.807, 2.05) is 54.3 Å². The number of hydrogen-bond donors (Lipinski definition) is 0. The Bertz CT molecular complexity index is 976. The van der Waals surface area contributed by atoms with Crippen molar-refractivity contribution in [2.45, 2.75) is 32.4 Å². The van der Waals surface area contributed by atoms with Crippen molar-refractivity contribution in [3.8, 4) is 11.5 Å². The maximum atomic E-state index is 13.3. The molecule has 1 aliphatic heterocycles. The molecule has 1 saturated heterocycles. The molecule has 0 unspecified atom stereocenters. The van der Waals surface area contributed by atoms with E-state index in [4.69, 9.17) is 9.47 Å². The van der Waals surface area contributed by atoms with Crippen molar-refractivity contribution in [1.82, 2.24) is 9.88 Å². The third-order valence-electron chi connectivity index (χ3n) is 5.31. The zero-order valence-electron chi connectivity index (χ0n) is 17.2. The summed E-state index contributed by atoms with van der Waals surface area (Å²) in [6.45, 7) is 3.58. The lowest BCUT2D eigenvalue weighted by molar-refractivity contribution is 0.0735. The van der Waals surface area contributed by atoms with Gasteiger partial charge in [0.15, 0.2) is 11.5 Å². The molecule has 3 aromatic rings. The summed E-state index contributed by atoms with van der Waals surface area (Å²) in [6.07, 6.45) is 5.50. The third kappa shape index (κ3) is 4.46. The van der Waals surface area contributed by atoms with Crippen LogP contribution < -0.4 is 9.47 Å². The van der Waals surface area contributed by atoms with Crippen molar-refractivity contribution < 1.29 is 14.3 Å². The van der Waals surface area contributed by atoms with Crippen molar-refractivity contribution >= 4 is 5.91 Å². The minimum atomic E-state index is 0.0288. The highest BCUT2D eigenvalue weighted by molar-refractivity contribution is 5.95. The standard InChI is InChI=1S/C25H26N2O3/c1-2-29-24-16-21(12-13-23(24)30-18-19-8-6-14-26-17-19)25(28)27-15-7-11-22(27)20-9-4-3-5-10-20/h3-6,8-10,12-14,16-17,22H,2,7,11,15,18H2,1H3/t22-/m0/s1. The van der Waals surface area contributed by atoms with E-state index in [2.05, 4.69) is 17.1 Å². The molecule has 0 radical (unpaired) electrons. The summed E-state index contributed by atoms with van der Waals surface area (Å²) in [5.74, 6) is 1.24. The number of hydrogen-bond acceptors (Lipinski definition) is 4.